The first kappa shape index (κ1) is 15.6. The van der Waals surface area contributed by atoms with Crippen molar-refractivity contribution in [3.8, 4) is 0 Å². The maximum Gasteiger partial charge on any atom is 0.338 e. The van der Waals surface area contributed by atoms with Crippen LogP contribution in [0.3, 0.4) is 0 Å². The summed E-state index contributed by atoms with van der Waals surface area (Å²) in [6, 6.07) is 2.56. The van der Waals surface area contributed by atoms with E-state index >= 15 is 0 Å². The predicted octanol–water partition coefficient (Wildman–Crippen LogP) is 2.52. The van der Waals surface area contributed by atoms with Crippen LogP contribution in [0.1, 0.15) is 22.3 Å². The zero-order valence-electron chi connectivity index (χ0n) is 10.6. The van der Waals surface area contributed by atoms with Gasteiger partial charge in [0.1, 0.15) is 6.10 Å². The van der Waals surface area contributed by atoms with Crippen LogP contribution in [0.15, 0.2) is 17.0 Å². The molecule has 2 rings (SSSR count). The lowest BCUT2D eigenvalue weighted by atomic mass is 10.1. The number of carbonyl (C=O) groups excluding carboxylic acids is 1. The molecule has 0 aliphatic carbocycles. The van der Waals surface area contributed by atoms with Gasteiger partial charge in [-0.3, -0.25) is 0 Å². The van der Waals surface area contributed by atoms with Gasteiger partial charge in [-0.15, -0.1) is 0 Å². The third-order valence-electron chi connectivity index (χ3n) is 2.97. The number of hydrogen-bond donors (Lipinski definition) is 0. The first-order valence-electron chi connectivity index (χ1n) is 5.82. The highest BCUT2D eigenvalue weighted by Gasteiger charge is 2.25. The molecule has 8 heteroatoms. The molecule has 0 bridgehead atoms. The lowest BCUT2D eigenvalue weighted by Gasteiger charge is -2.13. The number of rotatable bonds is 3. The van der Waals surface area contributed by atoms with Gasteiger partial charge in [0.15, 0.2) is 0 Å². The molecule has 20 heavy (non-hydrogen) atoms. The van der Waals surface area contributed by atoms with E-state index in [2.05, 4.69) is 0 Å². The van der Waals surface area contributed by atoms with Crippen molar-refractivity contribution >= 4 is 37.3 Å². The molecule has 1 unspecified atom stereocenters. The summed E-state index contributed by atoms with van der Waals surface area (Å²) in [7, 11) is 1.34. The van der Waals surface area contributed by atoms with Crippen molar-refractivity contribution in [2.45, 2.75) is 24.3 Å². The molecule has 0 N–H and O–H groups in total. The monoisotopic (exact) mass is 338 g/mol. The molecular weight excluding hydrogens is 327 g/mol. The van der Waals surface area contributed by atoms with Crippen molar-refractivity contribution in [3.63, 3.8) is 0 Å². The standard InChI is InChI=1S/C12H12Cl2O5S/c1-7-10(12(15)19-9-2-3-18-6-9)4-8(13)5-11(7)20(14,16)17/h4-5,9H,2-3,6H2,1H3. The van der Waals surface area contributed by atoms with Gasteiger partial charge in [-0.25, -0.2) is 13.2 Å². The molecule has 5 nitrogen and oxygen atoms in total. The molecule has 0 amide bonds. The van der Waals surface area contributed by atoms with Crippen molar-refractivity contribution in [1.29, 1.82) is 0 Å². The number of halogens is 2. The Morgan fingerprint density at radius 3 is 2.70 bits per heavy atom. The largest absolute Gasteiger partial charge is 0.456 e. The molecule has 0 aromatic heterocycles. The van der Waals surface area contributed by atoms with Gasteiger partial charge >= 0.3 is 5.97 Å². The van der Waals surface area contributed by atoms with Gasteiger partial charge < -0.3 is 9.47 Å². The molecular formula is C12H12Cl2O5S. The van der Waals surface area contributed by atoms with Crippen molar-refractivity contribution in [3.05, 3.63) is 28.3 Å². The summed E-state index contributed by atoms with van der Waals surface area (Å²) in [6.07, 6.45) is 0.295. The van der Waals surface area contributed by atoms with Crippen LogP contribution in [0, 0.1) is 6.92 Å². The van der Waals surface area contributed by atoms with E-state index in [0.717, 1.165) is 0 Å². The summed E-state index contributed by atoms with van der Waals surface area (Å²) in [5.74, 6) is -0.637. The fourth-order valence-corrected chi connectivity index (χ4v) is 3.45. The normalized spacial score (nSPS) is 19.1. The van der Waals surface area contributed by atoms with Crippen molar-refractivity contribution in [1.82, 2.24) is 0 Å². The quantitative estimate of drug-likeness (QED) is 0.625. The highest BCUT2D eigenvalue weighted by molar-refractivity contribution is 8.13. The average Bonchev–Trinajstić information content (AvgIpc) is 2.83. The van der Waals surface area contributed by atoms with Crippen LogP contribution in [0.2, 0.25) is 5.02 Å². The minimum absolute atomic E-state index is 0.0867. The molecule has 0 saturated carbocycles. The number of carbonyl (C=O) groups is 1. The molecule has 1 saturated heterocycles. The Bertz CT molecular complexity index is 635. The Labute approximate surface area is 126 Å². The minimum atomic E-state index is -3.98. The summed E-state index contributed by atoms with van der Waals surface area (Å²) in [5, 5.41) is 0.101. The molecule has 110 valence electrons. The lowest BCUT2D eigenvalue weighted by molar-refractivity contribution is 0.0269. The molecule has 1 aliphatic heterocycles. The van der Waals surface area contributed by atoms with Crippen molar-refractivity contribution in [2.24, 2.45) is 0 Å². The molecule has 1 aromatic rings. The topological polar surface area (TPSA) is 69.7 Å². The first-order valence-corrected chi connectivity index (χ1v) is 8.51. The summed E-state index contributed by atoms with van der Waals surface area (Å²) in [5.41, 5.74) is 0.303. The second-order valence-electron chi connectivity index (χ2n) is 4.41. The number of ether oxygens (including phenoxy) is 2. The van der Waals surface area contributed by atoms with Gasteiger partial charge in [0, 0.05) is 22.1 Å². The van der Waals surface area contributed by atoms with E-state index in [-0.39, 0.29) is 27.1 Å². The Balaban J connectivity index is 2.36. The molecule has 0 radical (unpaired) electrons. The fraction of sp³-hybridized carbons (Fsp3) is 0.417. The number of hydrogen-bond acceptors (Lipinski definition) is 5. The van der Waals surface area contributed by atoms with Gasteiger partial charge in [-0.05, 0) is 24.6 Å². The summed E-state index contributed by atoms with van der Waals surface area (Å²) in [4.78, 5) is 11.9. The summed E-state index contributed by atoms with van der Waals surface area (Å²) < 4.78 is 33.3. The van der Waals surface area contributed by atoms with Crippen LogP contribution in [0.25, 0.3) is 0 Å². The van der Waals surface area contributed by atoms with Crippen molar-refractivity contribution in [2.75, 3.05) is 13.2 Å². The van der Waals surface area contributed by atoms with Gasteiger partial charge in [-0.1, -0.05) is 11.6 Å². The minimum Gasteiger partial charge on any atom is -0.456 e. The summed E-state index contributed by atoms with van der Waals surface area (Å²) in [6.45, 7) is 2.35. The third kappa shape index (κ3) is 3.44. The predicted molar refractivity (Wildman–Crippen MR) is 73.9 cm³/mol. The molecule has 1 atom stereocenters. The molecule has 1 aromatic carbocycles. The van der Waals surface area contributed by atoms with E-state index < -0.39 is 15.0 Å². The van der Waals surface area contributed by atoms with E-state index in [1.54, 1.807) is 0 Å². The van der Waals surface area contributed by atoms with Gasteiger partial charge in [0.2, 0.25) is 0 Å². The van der Waals surface area contributed by atoms with Gasteiger partial charge in [0.25, 0.3) is 9.05 Å². The van der Waals surface area contributed by atoms with Crippen LogP contribution in [-0.2, 0) is 18.5 Å². The molecule has 1 fully saturated rings. The second kappa shape index (κ2) is 5.89. The van der Waals surface area contributed by atoms with E-state index in [4.69, 9.17) is 31.8 Å². The zero-order chi connectivity index (χ0) is 14.9. The van der Waals surface area contributed by atoms with Crippen LogP contribution < -0.4 is 0 Å². The Hall–Kier alpha value is -0.820. The smallest absolute Gasteiger partial charge is 0.338 e. The summed E-state index contributed by atoms with van der Waals surface area (Å²) >= 11 is 5.83. The van der Waals surface area contributed by atoms with Gasteiger partial charge in [0.05, 0.1) is 23.7 Å². The molecule has 0 spiro atoms. The van der Waals surface area contributed by atoms with Crippen LogP contribution in [0.5, 0.6) is 0 Å². The first-order chi connectivity index (χ1) is 9.29. The van der Waals surface area contributed by atoms with Crippen molar-refractivity contribution < 1.29 is 22.7 Å². The second-order valence-corrected chi connectivity index (χ2v) is 7.38. The zero-order valence-corrected chi connectivity index (χ0v) is 12.9. The maximum atomic E-state index is 12.1. The van der Waals surface area contributed by atoms with E-state index in [1.165, 1.54) is 19.1 Å². The maximum absolute atomic E-state index is 12.1. The van der Waals surface area contributed by atoms with Crippen LogP contribution in [0.4, 0.5) is 0 Å². The van der Waals surface area contributed by atoms with E-state index in [1.807, 2.05) is 0 Å². The highest BCUT2D eigenvalue weighted by atomic mass is 35.7. The average molecular weight is 339 g/mol. The highest BCUT2D eigenvalue weighted by Crippen LogP contribution is 2.28. The van der Waals surface area contributed by atoms with E-state index in [0.29, 0.717) is 19.6 Å². The molecule has 1 heterocycles. The Kier molecular flexibility index (Phi) is 4.59. The van der Waals surface area contributed by atoms with Gasteiger partial charge in [-0.2, -0.15) is 0 Å². The van der Waals surface area contributed by atoms with E-state index in [9.17, 15) is 13.2 Å². The fourth-order valence-electron chi connectivity index (χ4n) is 1.94. The Morgan fingerprint density at radius 2 is 2.15 bits per heavy atom. The number of benzene rings is 1. The number of esters is 1. The lowest BCUT2D eigenvalue weighted by Crippen LogP contribution is -2.19. The molecule has 1 aliphatic rings. The third-order valence-corrected chi connectivity index (χ3v) is 4.64. The van der Waals surface area contributed by atoms with Crippen LogP contribution >= 0.6 is 22.3 Å². The Morgan fingerprint density at radius 1 is 1.45 bits per heavy atom. The SMILES string of the molecule is Cc1c(C(=O)OC2CCOC2)cc(Cl)cc1S(=O)(=O)Cl. The van der Waals surface area contributed by atoms with Crippen LogP contribution in [-0.4, -0.2) is 33.7 Å².